The molecule has 2 rings (SSSR count). The second-order valence-corrected chi connectivity index (χ2v) is 5.77. The largest absolute Gasteiger partial charge is 0.369 e. The molecular weight excluding hydrogens is 250 g/mol. The van der Waals surface area contributed by atoms with Gasteiger partial charge in [0.1, 0.15) is 0 Å². The molecule has 20 heavy (non-hydrogen) atoms. The molecule has 1 aliphatic rings. The average molecular weight is 275 g/mol. The average Bonchev–Trinajstić information content (AvgIpc) is 2.46. The molecule has 0 spiro atoms. The molecule has 0 aliphatic carbocycles. The Morgan fingerprint density at radius 2 is 1.85 bits per heavy atom. The first-order valence-corrected chi connectivity index (χ1v) is 7.26. The Morgan fingerprint density at radius 1 is 1.20 bits per heavy atom. The van der Waals surface area contributed by atoms with Crippen molar-refractivity contribution in [3.63, 3.8) is 0 Å². The van der Waals surface area contributed by atoms with E-state index in [4.69, 9.17) is 0 Å². The fraction of sp³-hybridized carbons (Fsp3) is 0.562. The molecule has 1 unspecified atom stereocenters. The van der Waals surface area contributed by atoms with E-state index in [1.165, 1.54) is 11.3 Å². The molecule has 1 aliphatic heterocycles. The first kappa shape index (κ1) is 14.9. The van der Waals surface area contributed by atoms with Crippen molar-refractivity contribution >= 4 is 11.6 Å². The summed E-state index contributed by atoms with van der Waals surface area (Å²) in [7, 11) is 3.64. The Morgan fingerprint density at radius 3 is 2.40 bits per heavy atom. The smallest absolute Gasteiger partial charge is 0.239 e. The van der Waals surface area contributed by atoms with Crippen LogP contribution >= 0.6 is 0 Å². The van der Waals surface area contributed by atoms with E-state index >= 15 is 0 Å². The fourth-order valence-corrected chi connectivity index (χ4v) is 2.72. The minimum atomic E-state index is -0.0235. The molecule has 0 N–H and O–H groups in total. The lowest BCUT2D eigenvalue weighted by Gasteiger charge is -2.39. The van der Waals surface area contributed by atoms with E-state index < -0.39 is 0 Å². The van der Waals surface area contributed by atoms with Gasteiger partial charge in [0.15, 0.2) is 0 Å². The maximum Gasteiger partial charge on any atom is 0.239 e. The number of carbonyl (C=O) groups is 1. The Balaban J connectivity index is 1.94. The lowest BCUT2D eigenvalue weighted by molar-refractivity contribution is -0.133. The number of nitrogens with zero attached hydrogens (tertiary/aromatic N) is 3. The van der Waals surface area contributed by atoms with Gasteiger partial charge in [-0.15, -0.1) is 0 Å². The topological polar surface area (TPSA) is 26.8 Å². The first-order valence-electron chi connectivity index (χ1n) is 7.26. The Kier molecular flexibility index (Phi) is 4.65. The van der Waals surface area contributed by atoms with Crippen molar-refractivity contribution in [1.29, 1.82) is 0 Å². The lowest BCUT2D eigenvalue weighted by Crippen LogP contribution is -2.53. The van der Waals surface area contributed by atoms with Crippen LogP contribution in [0.3, 0.4) is 0 Å². The second-order valence-electron chi connectivity index (χ2n) is 5.77. The van der Waals surface area contributed by atoms with Gasteiger partial charge in [0.2, 0.25) is 5.91 Å². The summed E-state index contributed by atoms with van der Waals surface area (Å²) >= 11 is 0. The summed E-state index contributed by atoms with van der Waals surface area (Å²) in [6.07, 6.45) is 0. The normalized spacial score (nSPS) is 17.9. The molecule has 0 saturated carbocycles. The van der Waals surface area contributed by atoms with Crippen molar-refractivity contribution in [2.24, 2.45) is 0 Å². The van der Waals surface area contributed by atoms with Gasteiger partial charge in [0.25, 0.3) is 0 Å². The number of piperazine rings is 1. The highest BCUT2D eigenvalue weighted by Gasteiger charge is 2.26. The Labute approximate surface area is 122 Å². The summed E-state index contributed by atoms with van der Waals surface area (Å²) in [5.41, 5.74) is 2.58. The summed E-state index contributed by atoms with van der Waals surface area (Å²) in [4.78, 5) is 18.4. The van der Waals surface area contributed by atoms with Gasteiger partial charge in [-0.05, 0) is 31.5 Å². The number of anilines is 1. The number of aryl methyl sites for hydroxylation is 1. The van der Waals surface area contributed by atoms with E-state index in [0.29, 0.717) is 0 Å². The van der Waals surface area contributed by atoms with Crippen molar-refractivity contribution in [3.8, 4) is 0 Å². The summed E-state index contributed by atoms with van der Waals surface area (Å²) in [5.74, 6) is 0.189. The van der Waals surface area contributed by atoms with E-state index in [9.17, 15) is 4.79 Å². The molecule has 110 valence electrons. The number of hydrogen-bond acceptors (Lipinski definition) is 3. The molecule has 1 atom stereocenters. The number of carbonyl (C=O) groups excluding carboxylic acids is 1. The van der Waals surface area contributed by atoms with E-state index in [1.807, 2.05) is 21.0 Å². The first-order chi connectivity index (χ1) is 9.49. The Bertz CT molecular complexity index is 465. The van der Waals surface area contributed by atoms with E-state index in [-0.39, 0.29) is 11.9 Å². The van der Waals surface area contributed by atoms with Gasteiger partial charge >= 0.3 is 0 Å². The summed E-state index contributed by atoms with van der Waals surface area (Å²) in [6.45, 7) is 7.97. The van der Waals surface area contributed by atoms with Crippen molar-refractivity contribution in [2.75, 3.05) is 45.2 Å². The molecule has 0 bridgehead atoms. The molecule has 1 heterocycles. The van der Waals surface area contributed by atoms with Gasteiger partial charge in [-0.2, -0.15) is 0 Å². The number of amides is 1. The van der Waals surface area contributed by atoms with E-state index in [1.54, 1.807) is 4.90 Å². The van der Waals surface area contributed by atoms with Crippen molar-refractivity contribution in [3.05, 3.63) is 29.8 Å². The molecule has 1 aromatic carbocycles. The van der Waals surface area contributed by atoms with Gasteiger partial charge < -0.3 is 9.80 Å². The van der Waals surface area contributed by atoms with Crippen molar-refractivity contribution in [2.45, 2.75) is 19.9 Å². The summed E-state index contributed by atoms with van der Waals surface area (Å²) < 4.78 is 0. The highest BCUT2D eigenvalue weighted by Crippen LogP contribution is 2.18. The number of benzene rings is 1. The monoisotopic (exact) mass is 275 g/mol. The van der Waals surface area contributed by atoms with Gasteiger partial charge in [-0.1, -0.05) is 12.1 Å². The van der Waals surface area contributed by atoms with Crippen molar-refractivity contribution in [1.82, 2.24) is 9.80 Å². The zero-order valence-corrected chi connectivity index (χ0v) is 13.0. The molecular formula is C16H25N3O. The SMILES string of the molecule is Cc1cccc(N2CCN(C(C)C(=O)N(C)C)CC2)c1. The standard InChI is InChI=1S/C16H25N3O/c1-13-6-5-7-15(12-13)19-10-8-18(9-11-19)14(2)16(20)17(3)4/h5-7,12,14H,8-11H2,1-4H3. The van der Waals surface area contributed by atoms with Crippen LogP contribution in [0.4, 0.5) is 5.69 Å². The van der Waals surface area contributed by atoms with Crippen LogP contribution in [0.2, 0.25) is 0 Å². The predicted molar refractivity (Wildman–Crippen MR) is 83.1 cm³/mol. The third-order valence-corrected chi connectivity index (χ3v) is 4.03. The molecule has 1 saturated heterocycles. The van der Waals surface area contributed by atoms with Crippen LogP contribution in [0, 0.1) is 6.92 Å². The molecule has 4 heteroatoms. The van der Waals surface area contributed by atoms with Crippen LogP contribution in [0.25, 0.3) is 0 Å². The van der Waals surface area contributed by atoms with Crippen LogP contribution in [-0.4, -0.2) is 62.0 Å². The van der Waals surface area contributed by atoms with Crippen LogP contribution in [0.5, 0.6) is 0 Å². The van der Waals surface area contributed by atoms with Crippen LogP contribution in [0.1, 0.15) is 12.5 Å². The molecule has 0 aromatic heterocycles. The zero-order valence-electron chi connectivity index (χ0n) is 13.0. The van der Waals surface area contributed by atoms with Gasteiger partial charge in [0.05, 0.1) is 6.04 Å². The number of likely N-dealkylation sites (N-methyl/N-ethyl adjacent to an activating group) is 1. The van der Waals surface area contributed by atoms with Crippen molar-refractivity contribution < 1.29 is 4.79 Å². The van der Waals surface area contributed by atoms with Crippen LogP contribution < -0.4 is 4.90 Å². The second kappa shape index (κ2) is 6.27. The maximum atomic E-state index is 12.0. The zero-order chi connectivity index (χ0) is 14.7. The minimum Gasteiger partial charge on any atom is -0.369 e. The fourth-order valence-electron chi connectivity index (χ4n) is 2.72. The quantitative estimate of drug-likeness (QED) is 0.838. The highest BCUT2D eigenvalue weighted by atomic mass is 16.2. The number of hydrogen-bond donors (Lipinski definition) is 0. The van der Waals surface area contributed by atoms with Gasteiger partial charge in [0, 0.05) is 46.0 Å². The molecule has 1 fully saturated rings. The Hall–Kier alpha value is -1.55. The third kappa shape index (κ3) is 3.31. The predicted octanol–water partition coefficient (Wildman–Crippen LogP) is 1.59. The molecule has 1 amide bonds. The van der Waals surface area contributed by atoms with Gasteiger partial charge in [-0.25, -0.2) is 0 Å². The summed E-state index contributed by atoms with van der Waals surface area (Å²) in [5, 5.41) is 0. The summed E-state index contributed by atoms with van der Waals surface area (Å²) in [6, 6.07) is 8.60. The van der Waals surface area contributed by atoms with E-state index in [2.05, 4.69) is 41.0 Å². The lowest BCUT2D eigenvalue weighted by atomic mass is 10.1. The van der Waals surface area contributed by atoms with Gasteiger partial charge in [-0.3, -0.25) is 9.69 Å². The molecule has 0 radical (unpaired) electrons. The van der Waals surface area contributed by atoms with Crippen LogP contribution in [0.15, 0.2) is 24.3 Å². The highest BCUT2D eigenvalue weighted by molar-refractivity contribution is 5.81. The molecule has 4 nitrogen and oxygen atoms in total. The maximum absolute atomic E-state index is 12.0. The third-order valence-electron chi connectivity index (χ3n) is 4.03. The van der Waals surface area contributed by atoms with E-state index in [0.717, 1.165) is 26.2 Å². The molecule has 1 aromatic rings. The minimum absolute atomic E-state index is 0.0235. The van der Waals surface area contributed by atoms with Crippen LogP contribution in [-0.2, 0) is 4.79 Å². The number of rotatable bonds is 3.